The number of benzene rings is 1. The molecule has 0 fully saturated rings. The summed E-state index contributed by atoms with van der Waals surface area (Å²) in [6, 6.07) is 8.03. The standard InChI is InChI=1S/C13H17N3/c1-3-6-15-10-4-5-13-11(8-10)12(14)7-9(2)16-13/h4-5,7-8,15H,3,6H2,1-2H3,(H2,14,16). The first kappa shape index (κ1) is 10.7. The predicted octanol–water partition coefficient (Wildman–Crippen LogP) is 2.95. The lowest BCUT2D eigenvalue weighted by atomic mass is 10.1. The van der Waals surface area contributed by atoms with Gasteiger partial charge in [-0.2, -0.15) is 0 Å². The maximum Gasteiger partial charge on any atom is 0.0727 e. The number of fused-ring (bicyclic) bond motifs is 1. The Morgan fingerprint density at radius 1 is 1.31 bits per heavy atom. The molecule has 2 aromatic rings. The molecule has 0 bridgehead atoms. The van der Waals surface area contributed by atoms with Crippen LogP contribution in [0.25, 0.3) is 10.9 Å². The summed E-state index contributed by atoms with van der Waals surface area (Å²) in [7, 11) is 0. The van der Waals surface area contributed by atoms with Crippen molar-refractivity contribution in [3.8, 4) is 0 Å². The third-order valence-corrected chi connectivity index (χ3v) is 2.55. The molecule has 2 rings (SSSR count). The second-order valence-corrected chi connectivity index (χ2v) is 4.01. The molecule has 3 N–H and O–H groups in total. The van der Waals surface area contributed by atoms with Crippen molar-refractivity contribution < 1.29 is 0 Å². The minimum absolute atomic E-state index is 0.794. The van der Waals surface area contributed by atoms with Gasteiger partial charge in [0.2, 0.25) is 0 Å². The Labute approximate surface area is 95.7 Å². The van der Waals surface area contributed by atoms with Crippen LogP contribution >= 0.6 is 0 Å². The van der Waals surface area contributed by atoms with E-state index in [-0.39, 0.29) is 0 Å². The third kappa shape index (κ3) is 2.08. The number of pyridine rings is 1. The molecule has 0 aliphatic rings. The predicted molar refractivity (Wildman–Crippen MR) is 69.7 cm³/mol. The maximum absolute atomic E-state index is 5.99. The van der Waals surface area contributed by atoms with Gasteiger partial charge in [-0.05, 0) is 37.6 Å². The molecule has 0 saturated carbocycles. The van der Waals surface area contributed by atoms with Crippen LogP contribution in [0.15, 0.2) is 24.3 Å². The maximum atomic E-state index is 5.99. The number of hydrogen-bond acceptors (Lipinski definition) is 3. The van der Waals surface area contributed by atoms with Crippen molar-refractivity contribution in [2.75, 3.05) is 17.6 Å². The fourth-order valence-electron chi connectivity index (χ4n) is 1.77. The third-order valence-electron chi connectivity index (χ3n) is 2.55. The van der Waals surface area contributed by atoms with Gasteiger partial charge in [0.15, 0.2) is 0 Å². The lowest BCUT2D eigenvalue weighted by Gasteiger charge is -2.08. The zero-order valence-corrected chi connectivity index (χ0v) is 9.75. The number of rotatable bonds is 3. The number of hydrogen-bond donors (Lipinski definition) is 2. The molecule has 0 radical (unpaired) electrons. The Bertz CT molecular complexity index is 506. The largest absolute Gasteiger partial charge is 0.398 e. The Balaban J connectivity index is 2.45. The van der Waals surface area contributed by atoms with Crippen molar-refractivity contribution in [1.82, 2.24) is 4.98 Å². The minimum Gasteiger partial charge on any atom is -0.398 e. The summed E-state index contributed by atoms with van der Waals surface area (Å²) in [6.07, 6.45) is 1.11. The van der Waals surface area contributed by atoms with Crippen LogP contribution in [0.5, 0.6) is 0 Å². The first-order chi connectivity index (χ1) is 7.70. The van der Waals surface area contributed by atoms with E-state index >= 15 is 0 Å². The molecule has 0 aliphatic carbocycles. The normalized spacial score (nSPS) is 10.6. The summed E-state index contributed by atoms with van der Waals surface area (Å²) >= 11 is 0. The molecule has 1 heterocycles. The molecule has 16 heavy (non-hydrogen) atoms. The second-order valence-electron chi connectivity index (χ2n) is 4.01. The van der Waals surface area contributed by atoms with E-state index in [1.807, 2.05) is 25.1 Å². The second kappa shape index (κ2) is 4.39. The molecule has 0 aliphatic heterocycles. The van der Waals surface area contributed by atoms with Gasteiger partial charge in [-0.3, -0.25) is 4.98 Å². The highest BCUT2D eigenvalue weighted by atomic mass is 14.9. The highest BCUT2D eigenvalue weighted by molar-refractivity contribution is 5.92. The van der Waals surface area contributed by atoms with Crippen LogP contribution in [-0.2, 0) is 0 Å². The zero-order chi connectivity index (χ0) is 11.5. The molecular weight excluding hydrogens is 198 g/mol. The zero-order valence-electron chi connectivity index (χ0n) is 9.75. The highest BCUT2D eigenvalue weighted by Crippen LogP contribution is 2.23. The lowest BCUT2D eigenvalue weighted by molar-refractivity contribution is 0.980. The van der Waals surface area contributed by atoms with Crippen LogP contribution in [0.4, 0.5) is 11.4 Å². The van der Waals surface area contributed by atoms with Gasteiger partial charge in [-0.15, -0.1) is 0 Å². The number of aryl methyl sites for hydroxylation is 1. The SMILES string of the molecule is CCCNc1ccc2nc(C)cc(N)c2c1. The molecule has 0 amide bonds. The number of aromatic nitrogens is 1. The summed E-state index contributed by atoms with van der Waals surface area (Å²) < 4.78 is 0. The highest BCUT2D eigenvalue weighted by Gasteiger charge is 2.02. The van der Waals surface area contributed by atoms with E-state index in [9.17, 15) is 0 Å². The van der Waals surface area contributed by atoms with Gasteiger partial charge in [0.05, 0.1) is 5.52 Å². The van der Waals surface area contributed by atoms with E-state index in [0.29, 0.717) is 0 Å². The van der Waals surface area contributed by atoms with Gasteiger partial charge in [-0.25, -0.2) is 0 Å². The van der Waals surface area contributed by atoms with Gasteiger partial charge in [0.25, 0.3) is 0 Å². The van der Waals surface area contributed by atoms with E-state index in [1.165, 1.54) is 0 Å². The Morgan fingerprint density at radius 2 is 2.12 bits per heavy atom. The van der Waals surface area contributed by atoms with E-state index in [4.69, 9.17) is 5.73 Å². The van der Waals surface area contributed by atoms with Gasteiger partial charge >= 0.3 is 0 Å². The van der Waals surface area contributed by atoms with E-state index < -0.39 is 0 Å². The van der Waals surface area contributed by atoms with Crippen molar-refractivity contribution in [3.63, 3.8) is 0 Å². The first-order valence-electron chi connectivity index (χ1n) is 5.61. The van der Waals surface area contributed by atoms with E-state index in [0.717, 1.165) is 40.9 Å². The average Bonchev–Trinajstić information content (AvgIpc) is 2.26. The molecule has 84 valence electrons. The molecule has 1 aromatic heterocycles. The van der Waals surface area contributed by atoms with E-state index in [1.54, 1.807) is 0 Å². The fraction of sp³-hybridized carbons (Fsp3) is 0.308. The number of nitrogens with zero attached hydrogens (tertiary/aromatic N) is 1. The summed E-state index contributed by atoms with van der Waals surface area (Å²) in [6.45, 7) is 5.08. The summed E-state index contributed by atoms with van der Waals surface area (Å²) in [5, 5.41) is 4.37. The molecule has 0 saturated heterocycles. The van der Waals surface area contributed by atoms with Crippen LogP contribution in [0.1, 0.15) is 19.0 Å². The molecule has 0 spiro atoms. The molecule has 3 heteroatoms. The van der Waals surface area contributed by atoms with Gasteiger partial charge in [0.1, 0.15) is 0 Å². The molecule has 0 unspecified atom stereocenters. The van der Waals surface area contributed by atoms with Crippen LogP contribution in [0, 0.1) is 6.92 Å². The summed E-state index contributed by atoms with van der Waals surface area (Å²) in [4.78, 5) is 4.45. The quantitative estimate of drug-likeness (QED) is 0.827. The monoisotopic (exact) mass is 215 g/mol. The van der Waals surface area contributed by atoms with Crippen molar-refractivity contribution in [1.29, 1.82) is 0 Å². The van der Waals surface area contributed by atoms with Crippen LogP contribution in [-0.4, -0.2) is 11.5 Å². The molecule has 1 aromatic carbocycles. The van der Waals surface area contributed by atoms with Crippen LogP contribution in [0.2, 0.25) is 0 Å². The lowest BCUT2D eigenvalue weighted by Crippen LogP contribution is -2.00. The summed E-state index contributed by atoms with van der Waals surface area (Å²) in [5.41, 5.74) is 9.80. The molecular formula is C13H17N3. The minimum atomic E-state index is 0.794. The fourth-order valence-corrected chi connectivity index (χ4v) is 1.77. The van der Waals surface area contributed by atoms with Crippen molar-refractivity contribution >= 4 is 22.3 Å². The number of anilines is 2. The van der Waals surface area contributed by atoms with Gasteiger partial charge in [-0.1, -0.05) is 6.92 Å². The topological polar surface area (TPSA) is 50.9 Å². The van der Waals surface area contributed by atoms with E-state index in [2.05, 4.69) is 23.3 Å². The van der Waals surface area contributed by atoms with Gasteiger partial charge < -0.3 is 11.1 Å². The summed E-state index contributed by atoms with van der Waals surface area (Å²) in [5.74, 6) is 0. The Kier molecular flexibility index (Phi) is 2.95. The number of nitrogens with one attached hydrogen (secondary N) is 1. The van der Waals surface area contributed by atoms with Crippen LogP contribution < -0.4 is 11.1 Å². The first-order valence-corrected chi connectivity index (χ1v) is 5.61. The van der Waals surface area contributed by atoms with Crippen molar-refractivity contribution in [3.05, 3.63) is 30.0 Å². The smallest absolute Gasteiger partial charge is 0.0727 e. The average molecular weight is 215 g/mol. The van der Waals surface area contributed by atoms with Crippen molar-refractivity contribution in [2.24, 2.45) is 0 Å². The molecule has 0 atom stereocenters. The number of nitrogens with two attached hydrogens (primary N) is 1. The Morgan fingerprint density at radius 3 is 2.88 bits per heavy atom. The number of nitrogen functional groups attached to an aromatic ring is 1. The van der Waals surface area contributed by atoms with Gasteiger partial charge in [0, 0.05) is 29.0 Å². The van der Waals surface area contributed by atoms with Crippen LogP contribution in [0.3, 0.4) is 0 Å². The molecule has 3 nitrogen and oxygen atoms in total. The van der Waals surface area contributed by atoms with Crippen molar-refractivity contribution in [2.45, 2.75) is 20.3 Å². The Hall–Kier alpha value is -1.77.